The summed E-state index contributed by atoms with van der Waals surface area (Å²) in [7, 11) is 2.03. The van der Waals surface area contributed by atoms with Crippen LogP contribution in [0.3, 0.4) is 0 Å². The largest absolute Gasteiger partial charge is 0.389 e. The van der Waals surface area contributed by atoms with Crippen molar-refractivity contribution in [2.45, 2.75) is 45.8 Å². The molecule has 2 aromatic rings. The highest BCUT2D eigenvalue weighted by Crippen LogP contribution is 2.21. The minimum atomic E-state index is -0.692. The fourth-order valence-corrected chi connectivity index (χ4v) is 2.75. The van der Waals surface area contributed by atoms with E-state index in [1.165, 1.54) is 5.56 Å². The van der Waals surface area contributed by atoms with Crippen LogP contribution in [0.15, 0.2) is 36.5 Å². The topological polar surface area (TPSA) is 41.3 Å². The van der Waals surface area contributed by atoms with Gasteiger partial charge < -0.3 is 5.11 Å². The lowest BCUT2D eigenvalue weighted by atomic mass is 10.1. The van der Waals surface area contributed by atoms with Gasteiger partial charge in [0, 0.05) is 24.8 Å². The van der Waals surface area contributed by atoms with Crippen LogP contribution >= 0.6 is 0 Å². The third kappa shape index (κ3) is 4.42. The lowest BCUT2D eigenvalue weighted by Gasteiger charge is -2.25. The molecular weight excluding hydrogens is 274 g/mol. The molecule has 0 atom stereocenters. The van der Waals surface area contributed by atoms with Crippen LogP contribution in [0.1, 0.15) is 44.9 Å². The third-order valence-corrected chi connectivity index (χ3v) is 3.49. The molecule has 22 heavy (non-hydrogen) atoms. The summed E-state index contributed by atoms with van der Waals surface area (Å²) < 4.78 is 1.95. The molecule has 0 aliphatic rings. The second-order valence-corrected chi connectivity index (χ2v) is 6.96. The van der Waals surface area contributed by atoms with Gasteiger partial charge in [0.25, 0.3) is 0 Å². The Kier molecular flexibility index (Phi) is 5.04. The summed E-state index contributed by atoms with van der Waals surface area (Å²) in [6, 6.07) is 10.2. The molecule has 0 saturated carbocycles. The molecule has 4 heteroatoms. The highest BCUT2D eigenvalue weighted by atomic mass is 16.3. The average Bonchev–Trinajstić information content (AvgIpc) is 2.81. The summed E-state index contributed by atoms with van der Waals surface area (Å²) in [5, 5.41) is 14.7. The van der Waals surface area contributed by atoms with E-state index in [1.807, 2.05) is 43.8 Å². The number of nitrogens with zero attached hydrogens (tertiary/aromatic N) is 3. The van der Waals surface area contributed by atoms with Crippen molar-refractivity contribution in [3.8, 4) is 5.69 Å². The SMILES string of the molecule is CC(C)c1nn(-c2ccccc2)cc1CN(C)CC(C)(C)O. The standard InChI is InChI=1S/C18H27N3O/c1-14(2)17-15(11-20(5)13-18(3,4)22)12-21(19-17)16-9-7-6-8-10-16/h6-10,12,14,22H,11,13H2,1-5H3. The summed E-state index contributed by atoms with van der Waals surface area (Å²) >= 11 is 0. The van der Waals surface area contributed by atoms with Crippen LogP contribution in [-0.2, 0) is 6.54 Å². The van der Waals surface area contributed by atoms with Crippen LogP contribution in [0.2, 0.25) is 0 Å². The minimum absolute atomic E-state index is 0.371. The first-order valence-electron chi connectivity index (χ1n) is 7.81. The second kappa shape index (κ2) is 6.63. The number of para-hydroxylation sites is 1. The molecule has 1 heterocycles. The number of benzene rings is 1. The molecule has 0 aliphatic heterocycles. The smallest absolute Gasteiger partial charge is 0.0718 e. The molecule has 0 amide bonds. The summed E-state index contributed by atoms with van der Waals surface area (Å²) in [6.07, 6.45) is 2.10. The summed E-state index contributed by atoms with van der Waals surface area (Å²) in [5.41, 5.74) is 2.71. The Morgan fingerprint density at radius 3 is 2.41 bits per heavy atom. The van der Waals surface area contributed by atoms with E-state index in [2.05, 4.69) is 37.1 Å². The van der Waals surface area contributed by atoms with Crippen LogP contribution in [0, 0.1) is 0 Å². The Bertz CT molecular complexity index is 597. The van der Waals surface area contributed by atoms with Crippen molar-refractivity contribution >= 4 is 0 Å². The van der Waals surface area contributed by atoms with E-state index >= 15 is 0 Å². The van der Waals surface area contributed by atoms with Gasteiger partial charge in [-0.05, 0) is 38.9 Å². The van der Waals surface area contributed by atoms with Crippen LogP contribution in [-0.4, -0.2) is 39.0 Å². The van der Waals surface area contributed by atoms with Crippen LogP contribution < -0.4 is 0 Å². The van der Waals surface area contributed by atoms with Crippen molar-refractivity contribution in [3.05, 3.63) is 47.8 Å². The Morgan fingerprint density at radius 1 is 1.23 bits per heavy atom. The molecule has 0 aliphatic carbocycles. The number of rotatable bonds is 6. The lowest BCUT2D eigenvalue weighted by Crippen LogP contribution is -2.35. The van der Waals surface area contributed by atoms with E-state index in [9.17, 15) is 5.11 Å². The van der Waals surface area contributed by atoms with Crippen molar-refractivity contribution < 1.29 is 5.11 Å². The fourth-order valence-electron chi connectivity index (χ4n) is 2.75. The molecule has 0 unspecified atom stereocenters. The van der Waals surface area contributed by atoms with E-state index in [-0.39, 0.29) is 0 Å². The third-order valence-electron chi connectivity index (χ3n) is 3.49. The molecule has 0 radical (unpaired) electrons. The van der Waals surface area contributed by atoms with Crippen LogP contribution in [0.5, 0.6) is 0 Å². The first kappa shape index (κ1) is 16.7. The first-order chi connectivity index (χ1) is 10.3. The fraction of sp³-hybridized carbons (Fsp3) is 0.500. The molecule has 4 nitrogen and oxygen atoms in total. The maximum absolute atomic E-state index is 9.97. The molecule has 0 saturated heterocycles. The lowest BCUT2D eigenvalue weighted by molar-refractivity contribution is 0.0424. The highest BCUT2D eigenvalue weighted by molar-refractivity contribution is 5.33. The van der Waals surface area contributed by atoms with Gasteiger partial charge in [0.1, 0.15) is 0 Å². The predicted molar refractivity (Wildman–Crippen MR) is 90.3 cm³/mol. The number of aromatic nitrogens is 2. The minimum Gasteiger partial charge on any atom is -0.389 e. The van der Waals surface area contributed by atoms with Gasteiger partial charge in [-0.15, -0.1) is 0 Å². The Labute approximate surface area is 133 Å². The second-order valence-electron chi connectivity index (χ2n) is 6.96. The van der Waals surface area contributed by atoms with Gasteiger partial charge in [0.15, 0.2) is 0 Å². The molecule has 1 N–H and O–H groups in total. The van der Waals surface area contributed by atoms with Crippen molar-refractivity contribution in [1.29, 1.82) is 0 Å². The molecule has 0 fully saturated rings. The van der Waals surface area contributed by atoms with Crippen LogP contribution in [0.4, 0.5) is 0 Å². The molecule has 2 rings (SSSR count). The number of hydrogen-bond acceptors (Lipinski definition) is 3. The van der Waals surface area contributed by atoms with E-state index in [4.69, 9.17) is 5.10 Å². The van der Waals surface area contributed by atoms with Crippen LogP contribution in [0.25, 0.3) is 5.69 Å². The number of hydrogen-bond donors (Lipinski definition) is 1. The maximum Gasteiger partial charge on any atom is 0.0718 e. The average molecular weight is 301 g/mol. The molecule has 0 bridgehead atoms. The Hall–Kier alpha value is -1.65. The van der Waals surface area contributed by atoms with Gasteiger partial charge in [-0.3, -0.25) is 4.90 Å². The van der Waals surface area contributed by atoms with Crippen molar-refractivity contribution in [1.82, 2.24) is 14.7 Å². The Morgan fingerprint density at radius 2 is 1.86 bits per heavy atom. The van der Waals surface area contributed by atoms with Gasteiger partial charge in [-0.25, -0.2) is 4.68 Å². The molecular formula is C18H27N3O. The van der Waals surface area contributed by atoms with Gasteiger partial charge in [-0.2, -0.15) is 5.10 Å². The summed E-state index contributed by atoms with van der Waals surface area (Å²) in [4.78, 5) is 2.14. The maximum atomic E-state index is 9.97. The van der Waals surface area contributed by atoms with Crippen molar-refractivity contribution in [3.63, 3.8) is 0 Å². The van der Waals surface area contributed by atoms with E-state index in [1.54, 1.807) is 0 Å². The molecule has 1 aromatic carbocycles. The van der Waals surface area contributed by atoms with Crippen molar-refractivity contribution in [2.75, 3.05) is 13.6 Å². The first-order valence-corrected chi connectivity index (χ1v) is 7.81. The van der Waals surface area contributed by atoms with E-state index < -0.39 is 5.60 Å². The van der Waals surface area contributed by atoms with E-state index in [0.29, 0.717) is 12.5 Å². The molecule has 1 aromatic heterocycles. The number of aliphatic hydroxyl groups is 1. The van der Waals surface area contributed by atoms with Gasteiger partial charge >= 0.3 is 0 Å². The summed E-state index contributed by atoms with van der Waals surface area (Å²) in [6.45, 7) is 9.40. The summed E-state index contributed by atoms with van der Waals surface area (Å²) in [5.74, 6) is 0.371. The molecule has 0 spiro atoms. The predicted octanol–water partition coefficient (Wildman–Crippen LogP) is 3.20. The van der Waals surface area contributed by atoms with Gasteiger partial charge in [0.2, 0.25) is 0 Å². The van der Waals surface area contributed by atoms with Gasteiger partial charge in [-0.1, -0.05) is 32.0 Å². The van der Waals surface area contributed by atoms with Crippen molar-refractivity contribution in [2.24, 2.45) is 0 Å². The zero-order valence-electron chi connectivity index (χ0n) is 14.2. The zero-order chi connectivity index (χ0) is 16.3. The zero-order valence-corrected chi connectivity index (χ0v) is 14.2. The van der Waals surface area contributed by atoms with Gasteiger partial charge in [0.05, 0.1) is 17.0 Å². The monoisotopic (exact) mass is 301 g/mol. The Balaban J connectivity index is 2.25. The molecule has 120 valence electrons. The quantitative estimate of drug-likeness (QED) is 0.891. The highest BCUT2D eigenvalue weighted by Gasteiger charge is 2.19. The number of likely N-dealkylation sites (N-methyl/N-ethyl adjacent to an activating group) is 1. The normalized spacial score (nSPS) is 12.4. The van der Waals surface area contributed by atoms with E-state index in [0.717, 1.165) is 17.9 Å².